The van der Waals surface area contributed by atoms with Crippen molar-refractivity contribution < 1.29 is 13.7 Å². The molecule has 3 aromatic rings. The zero-order valence-electron chi connectivity index (χ0n) is 16.6. The number of benzene rings is 2. The molecule has 2 atom stereocenters. The molecule has 2 aromatic carbocycles. The first-order chi connectivity index (χ1) is 13.9. The van der Waals surface area contributed by atoms with Gasteiger partial charge in [0, 0.05) is 16.4 Å². The molecule has 4 rings (SSSR count). The van der Waals surface area contributed by atoms with Crippen molar-refractivity contribution in [2.45, 2.75) is 38.4 Å². The standard InChI is InChI=1S/C22H23N3O3S/c1-14-9-10-20(15(2)11-14)25-21(18-12-29(27)13-19(18)24-25)23-22(26)16(3)28-17-7-5-4-6-8-17/h4-11,16H,12-13H2,1-3H3,(H,23,26)/t16-,29+/m0/s1. The van der Waals surface area contributed by atoms with Gasteiger partial charge in [0.2, 0.25) is 0 Å². The van der Waals surface area contributed by atoms with E-state index in [0.717, 1.165) is 28.1 Å². The molecular weight excluding hydrogens is 386 g/mol. The van der Waals surface area contributed by atoms with Gasteiger partial charge in [0.15, 0.2) is 6.10 Å². The van der Waals surface area contributed by atoms with E-state index in [1.807, 2.05) is 56.3 Å². The van der Waals surface area contributed by atoms with E-state index < -0.39 is 16.9 Å². The van der Waals surface area contributed by atoms with Crippen molar-refractivity contribution in [2.75, 3.05) is 5.32 Å². The molecule has 1 amide bonds. The SMILES string of the molecule is Cc1ccc(-n2nc3c(c2NC(=O)[C@H](C)Oc2ccccc2)C[S@@](=O)C3)c(C)c1. The Morgan fingerprint density at radius 2 is 1.93 bits per heavy atom. The molecule has 0 bridgehead atoms. The minimum absolute atomic E-state index is 0.278. The lowest BCUT2D eigenvalue weighted by molar-refractivity contribution is -0.122. The van der Waals surface area contributed by atoms with Crippen LogP contribution < -0.4 is 10.1 Å². The molecule has 7 heteroatoms. The Morgan fingerprint density at radius 1 is 1.17 bits per heavy atom. The van der Waals surface area contributed by atoms with Crippen molar-refractivity contribution in [3.63, 3.8) is 0 Å². The first-order valence-electron chi connectivity index (χ1n) is 9.48. The Kier molecular flexibility index (Phi) is 5.24. The van der Waals surface area contributed by atoms with Crippen molar-refractivity contribution in [3.8, 4) is 11.4 Å². The lowest BCUT2D eigenvalue weighted by Crippen LogP contribution is -2.31. The van der Waals surface area contributed by atoms with Crippen LogP contribution in [0, 0.1) is 13.8 Å². The van der Waals surface area contributed by atoms with Crippen molar-refractivity contribution in [1.82, 2.24) is 9.78 Å². The quantitative estimate of drug-likeness (QED) is 0.698. The Hall–Kier alpha value is -2.93. The number of carbonyl (C=O) groups is 1. The van der Waals surface area contributed by atoms with Crippen LogP contribution in [0.2, 0.25) is 0 Å². The number of amides is 1. The van der Waals surface area contributed by atoms with Gasteiger partial charge in [-0.15, -0.1) is 0 Å². The Morgan fingerprint density at radius 3 is 2.66 bits per heavy atom. The minimum Gasteiger partial charge on any atom is -0.481 e. The number of nitrogens with one attached hydrogen (secondary N) is 1. The molecule has 6 nitrogen and oxygen atoms in total. The summed E-state index contributed by atoms with van der Waals surface area (Å²) in [4.78, 5) is 12.9. The molecule has 1 aliphatic heterocycles. The van der Waals surface area contributed by atoms with Crippen LogP contribution in [0.1, 0.15) is 29.3 Å². The van der Waals surface area contributed by atoms with Gasteiger partial charge >= 0.3 is 0 Å². The Labute approximate surface area is 172 Å². The number of rotatable bonds is 5. The Bertz CT molecular complexity index is 1090. The number of carbonyl (C=O) groups excluding carboxylic acids is 1. The van der Waals surface area contributed by atoms with Crippen LogP contribution in [-0.4, -0.2) is 26.0 Å². The van der Waals surface area contributed by atoms with Gasteiger partial charge in [-0.3, -0.25) is 9.00 Å². The molecular formula is C22H23N3O3S. The number of para-hydroxylation sites is 1. The van der Waals surface area contributed by atoms with E-state index in [-0.39, 0.29) is 5.91 Å². The molecule has 1 N–H and O–H groups in total. The molecule has 29 heavy (non-hydrogen) atoms. The second kappa shape index (κ2) is 7.83. The highest BCUT2D eigenvalue weighted by Crippen LogP contribution is 2.32. The average molecular weight is 410 g/mol. The topological polar surface area (TPSA) is 73.2 Å². The van der Waals surface area contributed by atoms with Gasteiger partial charge in [0.25, 0.3) is 5.91 Å². The minimum atomic E-state index is -0.988. The van der Waals surface area contributed by atoms with Crippen LogP contribution in [0.15, 0.2) is 48.5 Å². The maximum Gasteiger partial charge on any atom is 0.266 e. The predicted octanol–water partition coefficient (Wildman–Crippen LogP) is 3.66. The molecule has 0 spiro atoms. The number of anilines is 1. The van der Waals surface area contributed by atoms with E-state index in [2.05, 4.69) is 16.5 Å². The molecule has 0 aliphatic carbocycles. The van der Waals surface area contributed by atoms with E-state index in [0.29, 0.717) is 23.1 Å². The Balaban J connectivity index is 1.65. The fourth-order valence-corrected chi connectivity index (χ4v) is 4.71. The van der Waals surface area contributed by atoms with Gasteiger partial charge in [-0.1, -0.05) is 35.9 Å². The normalized spacial score (nSPS) is 16.3. The lowest BCUT2D eigenvalue weighted by Gasteiger charge is -2.17. The molecule has 0 radical (unpaired) electrons. The highest BCUT2D eigenvalue weighted by molar-refractivity contribution is 7.83. The van der Waals surface area contributed by atoms with E-state index in [9.17, 15) is 9.00 Å². The highest BCUT2D eigenvalue weighted by Gasteiger charge is 2.29. The van der Waals surface area contributed by atoms with Crippen molar-refractivity contribution in [2.24, 2.45) is 0 Å². The summed E-state index contributed by atoms with van der Waals surface area (Å²) in [6, 6.07) is 15.3. The third-order valence-corrected chi connectivity index (χ3v) is 6.12. The lowest BCUT2D eigenvalue weighted by atomic mass is 10.1. The molecule has 150 valence electrons. The van der Waals surface area contributed by atoms with Crippen molar-refractivity contribution in [1.29, 1.82) is 0 Å². The largest absolute Gasteiger partial charge is 0.481 e. The van der Waals surface area contributed by atoms with Gasteiger partial charge < -0.3 is 10.1 Å². The number of hydrogen-bond acceptors (Lipinski definition) is 4. The van der Waals surface area contributed by atoms with Crippen LogP contribution in [0.3, 0.4) is 0 Å². The van der Waals surface area contributed by atoms with Gasteiger partial charge in [0.1, 0.15) is 11.6 Å². The summed E-state index contributed by atoms with van der Waals surface area (Å²) in [7, 11) is -0.988. The zero-order chi connectivity index (χ0) is 20.5. The van der Waals surface area contributed by atoms with Crippen molar-refractivity contribution in [3.05, 3.63) is 70.9 Å². The van der Waals surface area contributed by atoms with E-state index in [1.165, 1.54) is 0 Å². The molecule has 0 saturated carbocycles. The van der Waals surface area contributed by atoms with Crippen LogP contribution in [0.5, 0.6) is 5.75 Å². The second-order valence-corrected chi connectivity index (χ2v) is 8.72. The summed E-state index contributed by atoms with van der Waals surface area (Å²) in [6.07, 6.45) is -0.692. The fraction of sp³-hybridized carbons (Fsp3) is 0.273. The first-order valence-corrected chi connectivity index (χ1v) is 11.0. The molecule has 0 fully saturated rings. The maximum atomic E-state index is 12.9. The summed E-state index contributed by atoms with van der Waals surface area (Å²) < 4.78 is 19.6. The number of ether oxygens (including phenoxy) is 1. The van der Waals surface area contributed by atoms with Crippen LogP contribution in [0.4, 0.5) is 5.82 Å². The van der Waals surface area contributed by atoms with E-state index in [4.69, 9.17) is 4.74 Å². The van der Waals surface area contributed by atoms with Gasteiger partial charge in [0.05, 0.1) is 22.9 Å². The van der Waals surface area contributed by atoms with E-state index >= 15 is 0 Å². The zero-order valence-corrected chi connectivity index (χ0v) is 17.5. The average Bonchev–Trinajstić information content (AvgIpc) is 3.19. The second-order valence-electron chi connectivity index (χ2n) is 7.27. The van der Waals surface area contributed by atoms with Crippen LogP contribution in [-0.2, 0) is 27.1 Å². The van der Waals surface area contributed by atoms with Crippen molar-refractivity contribution >= 4 is 22.5 Å². The summed E-state index contributed by atoms with van der Waals surface area (Å²) in [5.41, 5.74) is 4.71. The third kappa shape index (κ3) is 3.96. The third-order valence-electron chi connectivity index (χ3n) is 4.92. The summed E-state index contributed by atoms with van der Waals surface area (Å²) in [5, 5.41) is 7.64. The first kappa shape index (κ1) is 19.4. The molecule has 0 saturated heterocycles. The van der Waals surface area contributed by atoms with E-state index in [1.54, 1.807) is 11.6 Å². The number of hydrogen-bond donors (Lipinski definition) is 1. The molecule has 1 aromatic heterocycles. The number of aromatic nitrogens is 2. The summed E-state index contributed by atoms with van der Waals surface area (Å²) >= 11 is 0. The summed E-state index contributed by atoms with van der Waals surface area (Å²) in [6.45, 7) is 5.76. The highest BCUT2D eigenvalue weighted by atomic mass is 32.2. The summed E-state index contributed by atoms with van der Waals surface area (Å²) in [5.74, 6) is 1.73. The number of nitrogens with zero attached hydrogens (tertiary/aromatic N) is 2. The smallest absolute Gasteiger partial charge is 0.266 e. The number of fused-ring (bicyclic) bond motifs is 1. The van der Waals surface area contributed by atoms with Gasteiger partial charge in [-0.2, -0.15) is 5.10 Å². The van der Waals surface area contributed by atoms with Crippen LogP contribution >= 0.6 is 0 Å². The monoisotopic (exact) mass is 409 g/mol. The van der Waals surface area contributed by atoms with Crippen LogP contribution in [0.25, 0.3) is 5.69 Å². The fourth-order valence-electron chi connectivity index (χ4n) is 3.45. The molecule has 2 heterocycles. The molecule has 1 aliphatic rings. The number of aryl methyl sites for hydroxylation is 2. The van der Waals surface area contributed by atoms with Gasteiger partial charge in [-0.05, 0) is 44.5 Å². The predicted molar refractivity (Wildman–Crippen MR) is 114 cm³/mol. The molecule has 0 unspecified atom stereocenters. The maximum absolute atomic E-state index is 12.9. The van der Waals surface area contributed by atoms with Gasteiger partial charge in [-0.25, -0.2) is 4.68 Å².